The fraction of sp³-hybridized carbons (Fsp3) is 0.444. The Morgan fingerprint density at radius 2 is 2.38 bits per heavy atom. The second-order valence-corrected chi connectivity index (χ2v) is 3.18. The van der Waals surface area contributed by atoms with Crippen molar-refractivity contribution < 1.29 is 19.4 Å². The molecule has 16 heavy (non-hydrogen) atoms. The van der Waals surface area contributed by atoms with Crippen molar-refractivity contribution in [1.82, 2.24) is 15.1 Å². The van der Waals surface area contributed by atoms with Crippen LogP contribution < -0.4 is 5.32 Å². The SMILES string of the molecule is COC(CNC(=O)c1cnn(C)c1)C(=O)O. The molecule has 88 valence electrons. The lowest BCUT2D eigenvalue weighted by molar-refractivity contribution is -0.148. The third-order valence-corrected chi connectivity index (χ3v) is 1.98. The predicted molar refractivity (Wildman–Crippen MR) is 54.0 cm³/mol. The van der Waals surface area contributed by atoms with E-state index in [-0.39, 0.29) is 12.5 Å². The lowest BCUT2D eigenvalue weighted by Crippen LogP contribution is -2.37. The van der Waals surface area contributed by atoms with Crippen LogP contribution in [0.5, 0.6) is 0 Å². The molecule has 0 saturated heterocycles. The third kappa shape index (κ3) is 3.06. The first-order valence-electron chi connectivity index (χ1n) is 4.57. The van der Waals surface area contributed by atoms with E-state index < -0.39 is 12.1 Å². The summed E-state index contributed by atoms with van der Waals surface area (Å²) in [6.45, 7) is -0.0838. The van der Waals surface area contributed by atoms with Crippen LogP contribution in [-0.4, -0.2) is 46.5 Å². The zero-order valence-electron chi connectivity index (χ0n) is 9.01. The van der Waals surface area contributed by atoms with Gasteiger partial charge in [-0.3, -0.25) is 9.48 Å². The third-order valence-electron chi connectivity index (χ3n) is 1.98. The van der Waals surface area contributed by atoms with Crippen LogP contribution in [0.1, 0.15) is 10.4 Å². The van der Waals surface area contributed by atoms with Crippen LogP contribution in [-0.2, 0) is 16.6 Å². The molecule has 0 aliphatic heterocycles. The number of carbonyl (C=O) groups excluding carboxylic acids is 1. The van der Waals surface area contributed by atoms with Gasteiger partial charge in [-0.05, 0) is 0 Å². The first-order valence-corrected chi connectivity index (χ1v) is 4.57. The van der Waals surface area contributed by atoms with Crippen LogP contribution in [0.15, 0.2) is 12.4 Å². The van der Waals surface area contributed by atoms with E-state index in [1.165, 1.54) is 24.2 Å². The van der Waals surface area contributed by atoms with Gasteiger partial charge in [0.1, 0.15) is 0 Å². The van der Waals surface area contributed by atoms with Crippen LogP contribution in [0.3, 0.4) is 0 Å². The molecule has 7 heteroatoms. The first kappa shape index (κ1) is 12.2. The lowest BCUT2D eigenvalue weighted by atomic mass is 10.3. The zero-order chi connectivity index (χ0) is 12.1. The second-order valence-electron chi connectivity index (χ2n) is 3.18. The van der Waals surface area contributed by atoms with Crippen molar-refractivity contribution in [2.75, 3.05) is 13.7 Å². The largest absolute Gasteiger partial charge is 0.479 e. The smallest absolute Gasteiger partial charge is 0.334 e. The van der Waals surface area contributed by atoms with Crippen molar-refractivity contribution in [3.63, 3.8) is 0 Å². The Hall–Kier alpha value is -1.89. The number of aryl methyl sites for hydroxylation is 1. The molecule has 0 spiro atoms. The molecule has 0 saturated carbocycles. The predicted octanol–water partition coefficient (Wildman–Crippen LogP) is -0.750. The number of hydrogen-bond acceptors (Lipinski definition) is 4. The van der Waals surface area contributed by atoms with E-state index in [4.69, 9.17) is 5.11 Å². The number of hydrogen-bond donors (Lipinski definition) is 2. The van der Waals surface area contributed by atoms with Gasteiger partial charge in [-0.15, -0.1) is 0 Å². The number of carbonyl (C=O) groups is 2. The molecule has 1 rings (SSSR count). The molecule has 0 radical (unpaired) electrons. The lowest BCUT2D eigenvalue weighted by Gasteiger charge is -2.10. The quantitative estimate of drug-likeness (QED) is 0.690. The van der Waals surface area contributed by atoms with Crippen molar-refractivity contribution in [2.45, 2.75) is 6.10 Å². The normalized spacial score (nSPS) is 12.1. The van der Waals surface area contributed by atoms with E-state index >= 15 is 0 Å². The van der Waals surface area contributed by atoms with Gasteiger partial charge in [0, 0.05) is 20.4 Å². The van der Waals surface area contributed by atoms with Crippen LogP contribution >= 0.6 is 0 Å². The number of nitrogens with one attached hydrogen (secondary N) is 1. The maximum Gasteiger partial charge on any atom is 0.334 e. The summed E-state index contributed by atoms with van der Waals surface area (Å²) in [5.74, 6) is -1.50. The molecule has 1 heterocycles. The number of carboxylic acids is 1. The highest BCUT2D eigenvalue weighted by Crippen LogP contribution is 1.96. The molecule has 0 fully saturated rings. The molecule has 7 nitrogen and oxygen atoms in total. The molecule has 1 amide bonds. The maximum atomic E-state index is 11.5. The van der Waals surface area contributed by atoms with Gasteiger partial charge in [-0.2, -0.15) is 5.10 Å². The summed E-state index contributed by atoms with van der Waals surface area (Å²) in [6, 6.07) is 0. The Kier molecular flexibility index (Phi) is 4.01. The van der Waals surface area contributed by atoms with Gasteiger partial charge in [0.15, 0.2) is 6.10 Å². The fourth-order valence-electron chi connectivity index (χ4n) is 1.10. The monoisotopic (exact) mass is 227 g/mol. The summed E-state index contributed by atoms with van der Waals surface area (Å²) in [5.41, 5.74) is 0.378. The molecular weight excluding hydrogens is 214 g/mol. The number of aromatic nitrogens is 2. The average Bonchev–Trinajstić information content (AvgIpc) is 2.65. The van der Waals surface area contributed by atoms with Gasteiger partial charge in [-0.25, -0.2) is 4.79 Å². The standard InChI is InChI=1S/C9H13N3O4/c1-12-5-6(3-11-12)8(13)10-4-7(16-2)9(14)15/h3,5,7H,4H2,1-2H3,(H,10,13)(H,14,15). The fourth-order valence-corrected chi connectivity index (χ4v) is 1.10. The first-order chi connectivity index (χ1) is 7.54. The van der Waals surface area contributed by atoms with Gasteiger partial charge in [0.05, 0.1) is 18.3 Å². The molecule has 0 aliphatic rings. The van der Waals surface area contributed by atoms with Crippen molar-refractivity contribution in [2.24, 2.45) is 7.05 Å². The van der Waals surface area contributed by atoms with Crippen molar-refractivity contribution in [1.29, 1.82) is 0 Å². The number of amides is 1. The van der Waals surface area contributed by atoms with Crippen LogP contribution in [0.4, 0.5) is 0 Å². The molecular formula is C9H13N3O4. The summed E-state index contributed by atoms with van der Waals surface area (Å²) in [6.07, 6.45) is 1.90. The Bertz CT molecular complexity index is 388. The Balaban J connectivity index is 2.49. The topological polar surface area (TPSA) is 93.5 Å². The minimum atomic E-state index is -1.12. The highest BCUT2D eigenvalue weighted by molar-refractivity contribution is 5.93. The van der Waals surface area contributed by atoms with Gasteiger partial charge in [0.25, 0.3) is 5.91 Å². The number of ether oxygens (including phenoxy) is 1. The molecule has 0 aromatic carbocycles. The van der Waals surface area contributed by atoms with Gasteiger partial charge in [-0.1, -0.05) is 0 Å². The minimum absolute atomic E-state index is 0.0838. The highest BCUT2D eigenvalue weighted by atomic mass is 16.5. The van der Waals surface area contributed by atoms with E-state index in [2.05, 4.69) is 15.2 Å². The average molecular weight is 227 g/mol. The molecule has 1 aromatic rings. The van der Waals surface area contributed by atoms with E-state index in [9.17, 15) is 9.59 Å². The van der Waals surface area contributed by atoms with Crippen molar-refractivity contribution in [3.8, 4) is 0 Å². The van der Waals surface area contributed by atoms with Crippen molar-refractivity contribution >= 4 is 11.9 Å². The van der Waals surface area contributed by atoms with Crippen LogP contribution in [0.25, 0.3) is 0 Å². The summed E-state index contributed by atoms with van der Waals surface area (Å²) in [4.78, 5) is 22.1. The summed E-state index contributed by atoms with van der Waals surface area (Å²) in [7, 11) is 2.96. The Labute approximate surface area is 92.0 Å². The number of carboxylic acid groups (broad SMARTS) is 1. The van der Waals surface area contributed by atoms with Gasteiger partial charge in [0.2, 0.25) is 0 Å². The summed E-state index contributed by atoms with van der Waals surface area (Å²) >= 11 is 0. The van der Waals surface area contributed by atoms with Gasteiger partial charge >= 0.3 is 5.97 Å². The van der Waals surface area contributed by atoms with Gasteiger partial charge < -0.3 is 15.2 Å². The van der Waals surface area contributed by atoms with E-state index in [1.54, 1.807) is 7.05 Å². The maximum absolute atomic E-state index is 11.5. The second kappa shape index (κ2) is 5.26. The number of aliphatic carboxylic acids is 1. The van der Waals surface area contributed by atoms with Crippen LogP contribution in [0, 0.1) is 0 Å². The molecule has 0 bridgehead atoms. The number of rotatable bonds is 5. The zero-order valence-corrected chi connectivity index (χ0v) is 9.01. The number of methoxy groups -OCH3 is 1. The van der Waals surface area contributed by atoms with Crippen molar-refractivity contribution in [3.05, 3.63) is 18.0 Å². The Morgan fingerprint density at radius 1 is 1.69 bits per heavy atom. The number of nitrogens with zero attached hydrogens (tertiary/aromatic N) is 2. The van der Waals surface area contributed by atoms with E-state index in [1.807, 2.05) is 0 Å². The minimum Gasteiger partial charge on any atom is -0.479 e. The summed E-state index contributed by atoms with van der Waals surface area (Å²) < 4.78 is 6.15. The van der Waals surface area contributed by atoms with E-state index in [0.717, 1.165) is 0 Å². The molecule has 2 N–H and O–H groups in total. The Morgan fingerprint density at radius 3 is 2.81 bits per heavy atom. The summed E-state index contributed by atoms with van der Waals surface area (Å²) in [5, 5.41) is 14.9. The molecule has 1 unspecified atom stereocenters. The molecule has 1 aromatic heterocycles. The van der Waals surface area contributed by atoms with Crippen LogP contribution in [0.2, 0.25) is 0 Å². The molecule has 1 atom stereocenters. The van der Waals surface area contributed by atoms with E-state index in [0.29, 0.717) is 5.56 Å². The molecule has 0 aliphatic carbocycles. The highest BCUT2D eigenvalue weighted by Gasteiger charge is 2.17.